The lowest BCUT2D eigenvalue weighted by molar-refractivity contribution is -0.119. The summed E-state index contributed by atoms with van der Waals surface area (Å²) < 4.78 is 5.73. The smallest absolute Gasteiger partial charge is 0.231 e. The Kier molecular flexibility index (Phi) is 5.94. The number of thioether (sulfide) groups is 1. The number of amides is 1. The first kappa shape index (κ1) is 15.4. The van der Waals surface area contributed by atoms with E-state index < -0.39 is 0 Å². The molecule has 0 unspecified atom stereocenters. The zero-order valence-corrected chi connectivity index (χ0v) is 12.7. The van der Waals surface area contributed by atoms with Crippen molar-refractivity contribution in [3.63, 3.8) is 0 Å². The molecule has 0 aliphatic carbocycles. The number of nitrogens with one attached hydrogen (secondary N) is 1. The summed E-state index contributed by atoms with van der Waals surface area (Å²) in [6, 6.07) is 4.58. The van der Waals surface area contributed by atoms with E-state index in [1.165, 1.54) is 0 Å². The molecule has 0 atom stereocenters. The minimum absolute atomic E-state index is 0.242. The Morgan fingerprint density at radius 1 is 1.45 bits per heavy atom. The first-order chi connectivity index (χ1) is 9.67. The van der Waals surface area contributed by atoms with Gasteiger partial charge in [0.15, 0.2) is 0 Å². The third-order valence-electron chi connectivity index (χ3n) is 3.54. The molecule has 1 aliphatic heterocycles. The fourth-order valence-corrected chi connectivity index (χ4v) is 2.94. The number of hydrogen-bond acceptors (Lipinski definition) is 5. The summed E-state index contributed by atoms with van der Waals surface area (Å²) in [5.41, 5.74) is 5.21. The van der Waals surface area contributed by atoms with Crippen LogP contribution in [0.2, 0.25) is 0 Å². The van der Waals surface area contributed by atoms with E-state index in [-0.39, 0.29) is 5.91 Å². The Bertz CT molecular complexity index is 428. The average molecular weight is 297 g/mol. The highest BCUT2D eigenvalue weighted by atomic mass is 32.2. The number of carbonyl (C=O) groups is 1. The maximum absolute atomic E-state index is 10.9. The van der Waals surface area contributed by atoms with Gasteiger partial charge in [-0.2, -0.15) is 11.8 Å². The van der Waals surface area contributed by atoms with Crippen LogP contribution in [-0.2, 0) is 17.1 Å². The first-order valence-electron chi connectivity index (χ1n) is 6.98. The Morgan fingerprint density at radius 3 is 2.80 bits per heavy atom. The fourth-order valence-electron chi connectivity index (χ4n) is 2.50. The highest BCUT2D eigenvalue weighted by Gasteiger charge is 2.19. The number of hydrogen-bond donors (Lipinski definition) is 2. The summed E-state index contributed by atoms with van der Waals surface area (Å²) in [4.78, 5) is 13.0. The molecule has 5 nitrogen and oxygen atoms in total. The van der Waals surface area contributed by atoms with Crippen LogP contribution in [0.4, 0.5) is 0 Å². The van der Waals surface area contributed by atoms with E-state index in [1.807, 2.05) is 12.1 Å². The predicted molar refractivity (Wildman–Crippen MR) is 81.4 cm³/mol. The maximum atomic E-state index is 10.9. The van der Waals surface area contributed by atoms with E-state index >= 15 is 0 Å². The minimum atomic E-state index is -0.242. The summed E-state index contributed by atoms with van der Waals surface area (Å²) in [5.74, 6) is 2.71. The molecule has 1 saturated heterocycles. The number of rotatable bonds is 7. The molecule has 1 amide bonds. The Balaban J connectivity index is 1.68. The van der Waals surface area contributed by atoms with E-state index in [4.69, 9.17) is 10.2 Å². The van der Waals surface area contributed by atoms with Gasteiger partial charge in [0.1, 0.15) is 11.5 Å². The zero-order chi connectivity index (χ0) is 14.4. The largest absolute Gasteiger partial charge is 0.464 e. The standard InChI is InChI=1S/C14H23N3O2S/c1-20-10-13-3-2-12(19-13)8-16-11-4-6-17(7-5-11)9-14(15)18/h2-3,11,16H,4-10H2,1H3,(H2,15,18). The van der Waals surface area contributed by atoms with Gasteiger partial charge in [-0.1, -0.05) is 0 Å². The second-order valence-electron chi connectivity index (χ2n) is 5.20. The quantitative estimate of drug-likeness (QED) is 0.791. The van der Waals surface area contributed by atoms with Crippen LogP contribution in [0.25, 0.3) is 0 Å². The predicted octanol–water partition coefficient (Wildman–Crippen LogP) is 1.18. The second-order valence-corrected chi connectivity index (χ2v) is 6.06. The Hall–Kier alpha value is -0.980. The van der Waals surface area contributed by atoms with Gasteiger partial charge in [0.05, 0.1) is 18.8 Å². The lowest BCUT2D eigenvalue weighted by Gasteiger charge is -2.31. The molecule has 3 N–H and O–H groups in total. The van der Waals surface area contributed by atoms with Gasteiger partial charge in [0.2, 0.25) is 5.91 Å². The molecule has 112 valence electrons. The first-order valence-corrected chi connectivity index (χ1v) is 8.37. The molecule has 6 heteroatoms. The molecular formula is C14H23N3O2S. The molecule has 1 aromatic rings. The van der Waals surface area contributed by atoms with Crippen molar-refractivity contribution in [2.75, 3.05) is 25.9 Å². The van der Waals surface area contributed by atoms with Crippen molar-refractivity contribution < 1.29 is 9.21 Å². The number of nitrogens with zero attached hydrogens (tertiary/aromatic N) is 1. The highest BCUT2D eigenvalue weighted by Crippen LogP contribution is 2.15. The van der Waals surface area contributed by atoms with Crippen LogP contribution in [-0.4, -0.2) is 42.7 Å². The van der Waals surface area contributed by atoms with Gasteiger partial charge in [0, 0.05) is 19.1 Å². The van der Waals surface area contributed by atoms with E-state index in [1.54, 1.807) is 11.8 Å². The highest BCUT2D eigenvalue weighted by molar-refractivity contribution is 7.97. The molecule has 0 aromatic carbocycles. The van der Waals surface area contributed by atoms with Crippen LogP contribution in [0.5, 0.6) is 0 Å². The molecule has 1 fully saturated rings. The van der Waals surface area contributed by atoms with Crippen LogP contribution < -0.4 is 11.1 Å². The third-order valence-corrected chi connectivity index (χ3v) is 4.11. The average Bonchev–Trinajstić information content (AvgIpc) is 2.86. The molecule has 1 aliphatic rings. The summed E-state index contributed by atoms with van der Waals surface area (Å²) in [7, 11) is 0. The van der Waals surface area contributed by atoms with Crippen LogP contribution in [0.15, 0.2) is 16.5 Å². The van der Waals surface area contributed by atoms with Crippen molar-refractivity contribution >= 4 is 17.7 Å². The zero-order valence-electron chi connectivity index (χ0n) is 11.9. The number of piperidine rings is 1. The van der Waals surface area contributed by atoms with Gasteiger partial charge in [-0.05, 0) is 31.2 Å². The van der Waals surface area contributed by atoms with Crippen LogP contribution in [0.3, 0.4) is 0 Å². The topological polar surface area (TPSA) is 71.5 Å². The van der Waals surface area contributed by atoms with Gasteiger partial charge in [-0.15, -0.1) is 0 Å². The number of nitrogens with two attached hydrogens (primary N) is 1. The van der Waals surface area contributed by atoms with Crippen LogP contribution >= 0.6 is 11.8 Å². The van der Waals surface area contributed by atoms with Gasteiger partial charge < -0.3 is 15.5 Å². The molecule has 0 saturated carbocycles. The fraction of sp³-hybridized carbons (Fsp3) is 0.643. The summed E-state index contributed by atoms with van der Waals surface area (Å²) in [6.07, 6.45) is 4.16. The molecule has 2 heterocycles. The summed E-state index contributed by atoms with van der Waals surface area (Å²) in [6.45, 7) is 3.00. The van der Waals surface area contributed by atoms with Crippen LogP contribution in [0, 0.1) is 0 Å². The number of carbonyl (C=O) groups excluding carboxylic acids is 1. The molecule has 1 aromatic heterocycles. The maximum Gasteiger partial charge on any atom is 0.231 e. The normalized spacial score (nSPS) is 17.4. The van der Waals surface area contributed by atoms with Crippen LogP contribution in [0.1, 0.15) is 24.4 Å². The van der Waals surface area contributed by atoms with Gasteiger partial charge in [-0.25, -0.2) is 0 Å². The molecular weight excluding hydrogens is 274 g/mol. The number of primary amides is 1. The van der Waals surface area contributed by atoms with Gasteiger partial charge in [0.25, 0.3) is 0 Å². The van der Waals surface area contributed by atoms with Crippen molar-refractivity contribution in [2.24, 2.45) is 5.73 Å². The number of furan rings is 1. The lowest BCUT2D eigenvalue weighted by atomic mass is 10.1. The number of likely N-dealkylation sites (tertiary alicyclic amines) is 1. The molecule has 2 rings (SSSR count). The third kappa shape index (κ3) is 4.85. The molecule has 0 bridgehead atoms. The monoisotopic (exact) mass is 297 g/mol. The van der Waals surface area contributed by atoms with E-state index in [2.05, 4.69) is 16.5 Å². The van der Waals surface area contributed by atoms with Gasteiger partial charge in [-0.3, -0.25) is 9.69 Å². The Labute approximate surface area is 124 Å². The summed E-state index contributed by atoms with van der Waals surface area (Å²) >= 11 is 1.76. The van der Waals surface area contributed by atoms with Crippen molar-refractivity contribution in [1.29, 1.82) is 0 Å². The minimum Gasteiger partial charge on any atom is -0.464 e. The van der Waals surface area contributed by atoms with Crippen molar-refractivity contribution in [3.05, 3.63) is 23.7 Å². The van der Waals surface area contributed by atoms with E-state index in [9.17, 15) is 4.79 Å². The molecule has 20 heavy (non-hydrogen) atoms. The van der Waals surface area contributed by atoms with E-state index in [0.717, 1.165) is 49.7 Å². The van der Waals surface area contributed by atoms with Crippen molar-refractivity contribution in [1.82, 2.24) is 10.2 Å². The Morgan fingerprint density at radius 2 is 2.15 bits per heavy atom. The van der Waals surface area contributed by atoms with E-state index in [0.29, 0.717) is 12.6 Å². The van der Waals surface area contributed by atoms with Gasteiger partial charge >= 0.3 is 0 Å². The second kappa shape index (κ2) is 7.71. The van der Waals surface area contributed by atoms with Crippen molar-refractivity contribution in [2.45, 2.75) is 31.2 Å². The SMILES string of the molecule is CSCc1ccc(CNC2CCN(CC(N)=O)CC2)o1. The van der Waals surface area contributed by atoms with Crippen molar-refractivity contribution in [3.8, 4) is 0 Å². The molecule has 0 radical (unpaired) electrons. The summed E-state index contributed by atoms with van der Waals surface area (Å²) in [5, 5.41) is 3.52. The molecule has 0 spiro atoms. The lowest BCUT2D eigenvalue weighted by Crippen LogP contribution is -2.45.